The Morgan fingerprint density at radius 3 is 2.44 bits per heavy atom. The molecule has 2 atom stereocenters. The molecule has 0 aliphatic carbocycles. The topological polar surface area (TPSA) is 20.2 Å². The molecule has 0 saturated carbocycles. The third kappa shape index (κ3) is 3.94. The fourth-order valence-corrected chi connectivity index (χ4v) is 2.10. The Morgan fingerprint density at radius 2 is 1.94 bits per heavy atom. The highest BCUT2D eigenvalue weighted by Gasteiger charge is 2.25. The lowest BCUT2D eigenvalue weighted by Crippen LogP contribution is -2.20. The summed E-state index contributed by atoms with van der Waals surface area (Å²) in [5.74, 6) is -0.158. The van der Waals surface area contributed by atoms with Gasteiger partial charge in [0.15, 0.2) is 0 Å². The Kier molecular flexibility index (Phi) is 5.22. The molecule has 1 rings (SSSR count). The third-order valence-corrected chi connectivity index (χ3v) is 4.65. The van der Waals surface area contributed by atoms with Crippen LogP contribution in [0.3, 0.4) is 0 Å². The zero-order valence-corrected chi connectivity index (χ0v) is 13.4. The summed E-state index contributed by atoms with van der Waals surface area (Å²) in [5, 5.41) is 10.5. The quantitative estimate of drug-likeness (QED) is 0.737. The van der Waals surface area contributed by atoms with Crippen molar-refractivity contribution in [1.82, 2.24) is 0 Å². The van der Waals surface area contributed by atoms with E-state index in [1.165, 1.54) is 12.1 Å². The molecular formula is C14H19BrClFO. The van der Waals surface area contributed by atoms with E-state index in [4.69, 9.17) is 11.6 Å². The van der Waals surface area contributed by atoms with E-state index in [9.17, 15) is 9.50 Å². The highest BCUT2D eigenvalue weighted by Crippen LogP contribution is 2.36. The van der Waals surface area contributed by atoms with Crippen LogP contribution in [0.1, 0.15) is 45.8 Å². The smallest absolute Gasteiger partial charge is 0.130 e. The molecule has 0 fully saturated rings. The maximum absolute atomic E-state index is 13.8. The molecule has 1 aromatic carbocycles. The minimum atomic E-state index is -0.829. The molecule has 0 bridgehead atoms. The third-order valence-electron chi connectivity index (χ3n) is 3.45. The Hall–Kier alpha value is -0.120. The lowest BCUT2D eigenvalue weighted by molar-refractivity contribution is 0.108. The molecule has 0 radical (unpaired) electrons. The van der Waals surface area contributed by atoms with Gasteiger partial charge in [-0.05, 0) is 45.8 Å². The van der Waals surface area contributed by atoms with Crippen molar-refractivity contribution in [3.05, 3.63) is 33.0 Å². The van der Waals surface area contributed by atoms with Gasteiger partial charge in [-0.25, -0.2) is 4.39 Å². The normalized spacial score (nSPS) is 15.6. The van der Waals surface area contributed by atoms with E-state index in [2.05, 4.69) is 43.6 Å². The first-order valence-corrected chi connectivity index (χ1v) is 7.12. The minimum absolute atomic E-state index is 0.0800. The highest BCUT2D eigenvalue weighted by atomic mass is 79.9. The van der Waals surface area contributed by atoms with E-state index in [0.717, 1.165) is 0 Å². The summed E-state index contributed by atoms with van der Waals surface area (Å²) in [4.78, 5) is 0. The fourth-order valence-electron chi connectivity index (χ4n) is 1.61. The van der Waals surface area contributed by atoms with Crippen LogP contribution in [-0.4, -0.2) is 5.11 Å². The van der Waals surface area contributed by atoms with E-state index in [-0.39, 0.29) is 16.9 Å². The average molecular weight is 338 g/mol. The van der Waals surface area contributed by atoms with Crippen molar-refractivity contribution in [2.75, 3.05) is 0 Å². The molecule has 0 saturated heterocycles. The van der Waals surface area contributed by atoms with Crippen LogP contribution in [0.5, 0.6) is 0 Å². The molecule has 0 spiro atoms. The number of aliphatic hydroxyl groups excluding tert-OH is 1. The lowest BCUT2D eigenvalue weighted by Gasteiger charge is -2.29. The fraction of sp³-hybridized carbons (Fsp3) is 0.571. The Bertz CT molecular complexity index is 429. The second-order valence-corrected chi connectivity index (χ2v) is 7.07. The number of halogens is 3. The van der Waals surface area contributed by atoms with Gasteiger partial charge >= 0.3 is 0 Å². The summed E-state index contributed by atoms with van der Waals surface area (Å²) in [6.45, 7) is 8.38. The molecule has 0 aromatic heterocycles. The van der Waals surface area contributed by atoms with Gasteiger partial charge in [-0.2, -0.15) is 0 Å². The van der Waals surface area contributed by atoms with E-state index in [1.54, 1.807) is 0 Å². The first-order valence-electron chi connectivity index (χ1n) is 5.95. The van der Waals surface area contributed by atoms with E-state index < -0.39 is 11.9 Å². The molecule has 0 heterocycles. The van der Waals surface area contributed by atoms with Crippen LogP contribution in [0.15, 0.2) is 16.6 Å². The molecule has 1 N–H and O–H groups in total. The molecule has 18 heavy (non-hydrogen) atoms. The molecular weight excluding hydrogens is 319 g/mol. The van der Waals surface area contributed by atoms with Gasteiger partial charge in [-0.3, -0.25) is 0 Å². The first kappa shape index (κ1) is 15.9. The van der Waals surface area contributed by atoms with E-state index >= 15 is 0 Å². The summed E-state index contributed by atoms with van der Waals surface area (Å²) in [6.07, 6.45) is -0.317. The molecule has 0 amide bonds. The minimum Gasteiger partial charge on any atom is -0.388 e. The summed E-state index contributed by atoms with van der Waals surface area (Å²) in [5.41, 5.74) is 0.343. The van der Waals surface area contributed by atoms with Crippen LogP contribution in [0.25, 0.3) is 0 Å². The van der Waals surface area contributed by atoms with Crippen molar-refractivity contribution in [3.8, 4) is 0 Å². The molecule has 4 heteroatoms. The van der Waals surface area contributed by atoms with Crippen LogP contribution in [-0.2, 0) is 0 Å². The Morgan fingerprint density at radius 1 is 1.39 bits per heavy atom. The molecule has 1 aromatic rings. The number of aliphatic hydroxyl groups is 1. The van der Waals surface area contributed by atoms with Crippen molar-refractivity contribution in [1.29, 1.82) is 0 Å². The molecule has 0 aliphatic rings. The largest absolute Gasteiger partial charge is 0.388 e. The molecule has 1 nitrogen and oxygen atoms in total. The molecule has 102 valence electrons. The van der Waals surface area contributed by atoms with Gasteiger partial charge in [0.05, 0.1) is 11.1 Å². The van der Waals surface area contributed by atoms with Crippen molar-refractivity contribution in [3.63, 3.8) is 0 Å². The van der Waals surface area contributed by atoms with Crippen LogP contribution >= 0.6 is 27.5 Å². The number of benzene rings is 1. The second kappa shape index (κ2) is 5.89. The maximum atomic E-state index is 13.8. The van der Waals surface area contributed by atoms with Gasteiger partial charge in [0.1, 0.15) is 5.82 Å². The summed E-state index contributed by atoms with van der Waals surface area (Å²) in [7, 11) is 0. The predicted molar refractivity (Wildman–Crippen MR) is 77.3 cm³/mol. The lowest BCUT2D eigenvalue weighted by atomic mass is 9.78. The van der Waals surface area contributed by atoms with Gasteiger partial charge in [0, 0.05) is 10.0 Å². The van der Waals surface area contributed by atoms with E-state index in [1.807, 2.05) is 0 Å². The zero-order chi connectivity index (χ0) is 14.1. The standard InChI is InChI=1S/C14H19BrClFO/c1-8(14(2,3)4)5-13(18)9-6-11(16)10(15)7-12(9)17/h6-8,13,18H,5H2,1-4H3. The summed E-state index contributed by atoms with van der Waals surface area (Å²) in [6, 6.07) is 2.78. The van der Waals surface area contributed by atoms with Crippen molar-refractivity contribution in [2.45, 2.75) is 40.2 Å². The zero-order valence-electron chi connectivity index (χ0n) is 11.1. The van der Waals surface area contributed by atoms with Crippen molar-refractivity contribution in [2.24, 2.45) is 11.3 Å². The number of hydrogen-bond donors (Lipinski definition) is 1. The predicted octanol–water partition coefficient (Wildman–Crippen LogP) is 5.35. The second-order valence-electron chi connectivity index (χ2n) is 5.81. The Labute approximate surface area is 121 Å². The molecule has 2 unspecified atom stereocenters. The first-order chi connectivity index (χ1) is 8.12. The summed E-state index contributed by atoms with van der Waals surface area (Å²) >= 11 is 9.09. The van der Waals surface area contributed by atoms with Crippen molar-refractivity contribution >= 4 is 27.5 Å². The van der Waals surface area contributed by atoms with Crippen LogP contribution in [0.4, 0.5) is 4.39 Å². The SMILES string of the molecule is CC(CC(O)c1cc(Cl)c(Br)cc1F)C(C)(C)C. The van der Waals surface area contributed by atoms with Crippen LogP contribution < -0.4 is 0 Å². The highest BCUT2D eigenvalue weighted by molar-refractivity contribution is 9.10. The average Bonchev–Trinajstić information content (AvgIpc) is 2.21. The van der Waals surface area contributed by atoms with Crippen LogP contribution in [0, 0.1) is 17.2 Å². The Balaban J connectivity index is 2.91. The van der Waals surface area contributed by atoms with Gasteiger partial charge in [-0.15, -0.1) is 0 Å². The number of rotatable bonds is 3. The maximum Gasteiger partial charge on any atom is 0.130 e. The summed E-state index contributed by atoms with van der Waals surface area (Å²) < 4.78 is 14.3. The molecule has 0 aliphatic heterocycles. The number of hydrogen-bond acceptors (Lipinski definition) is 1. The van der Waals surface area contributed by atoms with E-state index in [0.29, 0.717) is 15.9 Å². The van der Waals surface area contributed by atoms with Gasteiger partial charge < -0.3 is 5.11 Å². The van der Waals surface area contributed by atoms with Gasteiger partial charge in [-0.1, -0.05) is 39.3 Å². The van der Waals surface area contributed by atoms with Crippen molar-refractivity contribution < 1.29 is 9.50 Å². The van der Waals surface area contributed by atoms with Gasteiger partial charge in [0.25, 0.3) is 0 Å². The van der Waals surface area contributed by atoms with Crippen LogP contribution in [0.2, 0.25) is 5.02 Å². The van der Waals surface area contributed by atoms with Gasteiger partial charge in [0.2, 0.25) is 0 Å². The monoisotopic (exact) mass is 336 g/mol.